The fourth-order valence-electron chi connectivity index (χ4n) is 4.11. The molecule has 0 saturated heterocycles. The summed E-state index contributed by atoms with van der Waals surface area (Å²) in [6.07, 6.45) is 0. The third-order valence-corrected chi connectivity index (χ3v) is 7.57. The lowest BCUT2D eigenvalue weighted by atomic mass is 10.1. The van der Waals surface area contributed by atoms with E-state index in [4.69, 9.17) is 9.47 Å². The number of benzene rings is 4. The molecule has 3 N–H and O–H groups in total. The van der Waals surface area contributed by atoms with Gasteiger partial charge >= 0.3 is 5.97 Å². The molecule has 0 radical (unpaired) electrons. The lowest BCUT2D eigenvalue weighted by molar-refractivity contribution is 0.0601. The lowest BCUT2D eigenvalue weighted by Gasteiger charge is -2.24. The first-order valence-corrected chi connectivity index (χ1v) is 14.4. The first-order valence-electron chi connectivity index (χ1n) is 12.3. The number of nitrogens with one attached hydrogen (secondary N) is 1. The highest BCUT2D eigenvalue weighted by Crippen LogP contribution is 2.38. The topological polar surface area (TPSA) is 129 Å². The Balaban J connectivity index is 1.70. The Morgan fingerprint density at radius 1 is 0.732 bits per heavy atom. The second-order valence-electron chi connectivity index (χ2n) is 8.92. The van der Waals surface area contributed by atoms with Crippen LogP contribution in [0, 0.1) is 13.8 Å². The van der Waals surface area contributed by atoms with Gasteiger partial charge in [0.2, 0.25) is 0 Å². The number of nitrogens with zero attached hydrogens (tertiary/aromatic N) is 2. The number of carbonyl (C=O) groups is 1. The van der Waals surface area contributed by atoms with Gasteiger partial charge in [-0.1, -0.05) is 35.4 Å². The molecular formula is C29H29N3O7S2. The van der Waals surface area contributed by atoms with E-state index >= 15 is 0 Å². The number of methoxy groups -OCH3 is 1. The first-order chi connectivity index (χ1) is 19.6. The van der Waals surface area contributed by atoms with Crippen LogP contribution in [-0.2, 0) is 27.3 Å². The molecule has 4 aromatic rings. The molecule has 4 rings (SSSR count). The second-order valence-corrected chi connectivity index (χ2v) is 10.6. The number of rotatable bonds is 10. The summed E-state index contributed by atoms with van der Waals surface area (Å²) in [5.74, 6) is -0.0912. The molecule has 0 aliphatic heterocycles. The van der Waals surface area contributed by atoms with Crippen molar-refractivity contribution >= 4 is 56.9 Å². The molecule has 0 aromatic heterocycles. The van der Waals surface area contributed by atoms with E-state index in [2.05, 4.69) is 5.32 Å². The van der Waals surface area contributed by atoms with Gasteiger partial charge in [0, 0.05) is 13.1 Å². The summed E-state index contributed by atoms with van der Waals surface area (Å²) in [5.41, 5.74) is 4.03. The average molecular weight is 596 g/mol. The molecule has 0 spiro atoms. The number of carbonyl (C=O) groups excluding carboxylic acids is 1. The second kappa shape index (κ2) is 13.0. The zero-order valence-electron chi connectivity index (χ0n) is 22.7. The maximum atomic E-state index is 12.7. The Labute approximate surface area is 243 Å². The number of hydrogen-bond donors (Lipinski definition) is 3. The van der Waals surface area contributed by atoms with E-state index in [1.54, 1.807) is 67.7 Å². The molecular weight excluding hydrogens is 566 g/mol. The van der Waals surface area contributed by atoms with Crippen molar-refractivity contribution in [2.45, 2.75) is 13.8 Å². The Morgan fingerprint density at radius 3 is 1.66 bits per heavy atom. The van der Waals surface area contributed by atoms with Crippen molar-refractivity contribution in [3.05, 3.63) is 102 Å². The third-order valence-electron chi connectivity index (χ3n) is 6.13. The van der Waals surface area contributed by atoms with E-state index in [1.807, 2.05) is 26.0 Å². The van der Waals surface area contributed by atoms with Crippen LogP contribution in [0.4, 0.5) is 28.4 Å². The average Bonchev–Trinajstić information content (AvgIpc) is 2.95. The molecule has 0 heterocycles. The smallest absolute Gasteiger partial charge is 0.340 e. The van der Waals surface area contributed by atoms with Crippen molar-refractivity contribution in [1.29, 1.82) is 0 Å². The van der Waals surface area contributed by atoms with Crippen LogP contribution in [0.3, 0.4) is 0 Å². The van der Waals surface area contributed by atoms with E-state index in [0.29, 0.717) is 28.5 Å². The Morgan fingerprint density at radius 2 is 1.20 bits per heavy atom. The highest BCUT2D eigenvalue weighted by molar-refractivity contribution is 7.81. The number of hydrogen-bond acceptors (Lipinski definition) is 6. The van der Waals surface area contributed by atoms with Crippen LogP contribution in [0.15, 0.2) is 84.9 Å². The van der Waals surface area contributed by atoms with Crippen LogP contribution < -0.4 is 18.7 Å². The van der Waals surface area contributed by atoms with Crippen LogP contribution in [0.25, 0.3) is 0 Å². The van der Waals surface area contributed by atoms with Gasteiger partial charge in [-0.15, -0.1) is 0 Å². The highest BCUT2D eigenvalue weighted by Gasteiger charge is 2.24. The van der Waals surface area contributed by atoms with Gasteiger partial charge < -0.3 is 14.8 Å². The van der Waals surface area contributed by atoms with Gasteiger partial charge in [-0.05, 0) is 68.4 Å². The molecule has 0 amide bonds. The fraction of sp³-hybridized carbons (Fsp3) is 0.138. The van der Waals surface area contributed by atoms with E-state index in [1.165, 1.54) is 23.5 Å². The molecule has 10 nitrogen and oxygen atoms in total. The summed E-state index contributed by atoms with van der Waals surface area (Å²) >= 11 is -4.85. The Hall–Kier alpha value is -4.23. The summed E-state index contributed by atoms with van der Waals surface area (Å²) < 4.78 is 58.2. The SMILES string of the molecule is CNc1cc(Oc2ccc(N(c3ccc(C)cc3)S(=O)O)c(C(=O)OC)c2)ccc1N(c1ccc(C)cc1)S(=O)O. The van der Waals surface area contributed by atoms with E-state index in [-0.39, 0.29) is 17.0 Å². The predicted molar refractivity (Wildman–Crippen MR) is 162 cm³/mol. The van der Waals surface area contributed by atoms with Gasteiger partial charge in [-0.3, -0.25) is 9.11 Å². The van der Waals surface area contributed by atoms with Crippen molar-refractivity contribution in [2.24, 2.45) is 0 Å². The lowest BCUT2D eigenvalue weighted by Crippen LogP contribution is -2.22. The quantitative estimate of drug-likeness (QED) is 0.141. The summed E-state index contributed by atoms with van der Waals surface area (Å²) in [4.78, 5) is 12.7. The minimum atomic E-state index is -2.49. The van der Waals surface area contributed by atoms with Crippen molar-refractivity contribution in [2.75, 3.05) is 28.1 Å². The number of aryl methyl sites for hydroxylation is 2. The molecule has 0 aliphatic rings. The standard InChI is InChI=1S/C29H29N3O7S2/c1-19-5-9-21(10-6-19)31(40(34)35)27-15-13-23(17-25(27)29(33)38-4)39-24-14-16-28(26(18-24)30-3)32(41(36)37)22-11-7-20(2)8-12-22/h5-18,30H,1-4H3,(H,34,35)(H,36,37). The molecule has 4 aromatic carbocycles. The van der Waals surface area contributed by atoms with Gasteiger partial charge in [0.1, 0.15) is 11.5 Å². The van der Waals surface area contributed by atoms with Crippen LogP contribution in [-0.4, -0.2) is 37.7 Å². The highest BCUT2D eigenvalue weighted by atomic mass is 32.2. The summed E-state index contributed by atoms with van der Waals surface area (Å²) in [5, 5.41) is 3.03. The van der Waals surface area contributed by atoms with Crippen molar-refractivity contribution in [3.8, 4) is 11.5 Å². The molecule has 0 saturated carbocycles. The minimum absolute atomic E-state index is 0.0136. The zero-order valence-corrected chi connectivity index (χ0v) is 24.4. The van der Waals surface area contributed by atoms with E-state index in [9.17, 15) is 22.3 Å². The predicted octanol–water partition coefficient (Wildman–Crippen LogP) is 6.47. The van der Waals surface area contributed by atoms with Gasteiger partial charge in [0.15, 0.2) is 0 Å². The summed E-state index contributed by atoms with van der Waals surface area (Å²) in [6, 6.07) is 23.5. The van der Waals surface area contributed by atoms with Crippen LogP contribution in [0.2, 0.25) is 0 Å². The van der Waals surface area contributed by atoms with E-state index in [0.717, 1.165) is 15.4 Å². The fourth-order valence-corrected chi connectivity index (χ4v) is 5.37. The van der Waals surface area contributed by atoms with Gasteiger partial charge in [-0.2, -0.15) is 0 Å². The minimum Gasteiger partial charge on any atom is -0.465 e. The molecule has 214 valence electrons. The van der Waals surface area contributed by atoms with Gasteiger partial charge in [0.05, 0.1) is 41.1 Å². The maximum Gasteiger partial charge on any atom is 0.340 e. The normalized spacial score (nSPS) is 12.2. The third kappa shape index (κ3) is 6.74. The number of anilines is 5. The summed E-state index contributed by atoms with van der Waals surface area (Å²) in [6.45, 7) is 3.82. The molecule has 2 unspecified atom stereocenters. The molecule has 12 heteroatoms. The molecule has 2 atom stereocenters. The number of ether oxygens (including phenoxy) is 2. The summed E-state index contributed by atoms with van der Waals surface area (Å²) in [7, 11) is 2.89. The van der Waals surface area contributed by atoms with Crippen molar-refractivity contribution in [1.82, 2.24) is 0 Å². The molecule has 0 aliphatic carbocycles. The molecule has 41 heavy (non-hydrogen) atoms. The largest absolute Gasteiger partial charge is 0.465 e. The van der Waals surface area contributed by atoms with E-state index < -0.39 is 28.5 Å². The van der Waals surface area contributed by atoms with Crippen LogP contribution in [0.1, 0.15) is 21.5 Å². The van der Waals surface area contributed by atoms with Crippen LogP contribution >= 0.6 is 0 Å². The zero-order chi connectivity index (χ0) is 29.7. The first kappa shape index (κ1) is 29.7. The van der Waals surface area contributed by atoms with Gasteiger partial charge in [0.25, 0.3) is 22.5 Å². The van der Waals surface area contributed by atoms with Crippen molar-refractivity contribution in [3.63, 3.8) is 0 Å². The molecule has 0 bridgehead atoms. The van der Waals surface area contributed by atoms with Crippen LogP contribution in [0.5, 0.6) is 11.5 Å². The maximum absolute atomic E-state index is 12.7. The van der Waals surface area contributed by atoms with Crippen molar-refractivity contribution < 1.29 is 31.8 Å². The number of esters is 1. The molecule has 0 fully saturated rings. The Kier molecular flexibility index (Phi) is 9.40. The monoisotopic (exact) mass is 595 g/mol. The Bertz CT molecular complexity index is 1600. The van der Waals surface area contributed by atoms with Gasteiger partial charge in [-0.25, -0.2) is 21.8 Å².